The molecule has 1 fully saturated rings. The van der Waals surface area contributed by atoms with Gasteiger partial charge in [-0.25, -0.2) is 0 Å². The number of nitrogens with zero attached hydrogens (tertiary/aromatic N) is 4. The van der Waals surface area contributed by atoms with Gasteiger partial charge in [0.25, 0.3) is 5.91 Å². The summed E-state index contributed by atoms with van der Waals surface area (Å²) in [7, 11) is 1.69. The molecule has 4 rings (SSSR count). The number of hydrogen-bond donors (Lipinski definition) is 0. The van der Waals surface area contributed by atoms with Crippen molar-refractivity contribution in [2.45, 2.75) is 19.9 Å². The van der Waals surface area contributed by atoms with Gasteiger partial charge in [-0.1, -0.05) is 49.4 Å². The summed E-state index contributed by atoms with van der Waals surface area (Å²) >= 11 is 0. The number of methoxy groups -OCH3 is 1. The van der Waals surface area contributed by atoms with Crippen molar-refractivity contribution in [3.05, 3.63) is 77.6 Å². The molecule has 30 heavy (non-hydrogen) atoms. The van der Waals surface area contributed by atoms with Gasteiger partial charge < -0.3 is 14.5 Å². The lowest BCUT2D eigenvalue weighted by molar-refractivity contribution is 0.0745. The van der Waals surface area contributed by atoms with Crippen LogP contribution in [0.4, 0.5) is 5.69 Å². The van der Waals surface area contributed by atoms with Gasteiger partial charge >= 0.3 is 0 Å². The van der Waals surface area contributed by atoms with Gasteiger partial charge in [-0.3, -0.25) is 9.48 Å². The zero-order valence-electron chi connectivity index (χ0n) is 17.6. The van der Waals surface area contributed by atoms with Crippen LogP contribution in [0.5, 0.6) is 5.75 Å². The van der Waals surface area contributed by atoms with E-state index in [2.05, 4.69) is 35.1 Å². The second-order valence-electron chi connectivity index (χ2n) is 7.45. The van der Waals surface area contributed by atoms with Gasteiger partial charge in [0.1, 0.15) is 5.75 Å². The molecule has 2 aromatic carbocycles. The average Bonchev–Trinajstić information content (AvgIpc) is 3.21. The molecule has 0 spiro atoms. The standard InChI is InChI=1S/C24H28N4O2/c1-3-21-20(17-25-28(21)18-19-9-5-4-6-10-19)24(29)27-15-13-26(14-16-27)22-11-7-8-12-23(22)30-2/h4-12,17H,3,13-16,18H2,1-2H3. The predicted molar refractivity (Wildman–Crippen MR) is 118 cm³/mol. The van der Waals surface area contributed by atoms with Gasteiger partial charge in [-0.05, 0) is 24.1 Å². The average molecular weight is 405 g/mol. The molecular weight excluding hydrogens is 376 g/mol. The van der Waals surface area contributed by atoms with Crippen molar-refractivity contribution in [2.75, 3.05) is 38.2 Å². The van der Waals surface area contributed by atoms with Crippen molar-refractivity contribution >= 4 is 11.6 Å². The lowest BCUT2D eigenvalue weighted by Gasteiger charge is -2.36. The van der Waals surface area contributed by atoms with E-state index in [1.807, 2.05) is 46.0 Å². The van der Waals surface area contributed by atoms with Gasteiger partial charge in [0.05, 0.1) is 36.8 Å². The lowest BCUT2D eigenvalue weighted by atomic mass is 10.1. The molecule has 1 aliphatic heterocycles. The number of piperazine rings is 1. The normalized spacial score (nSPS) is 14.1. The molecule has 6 nitrogen and oxygen atoms in total. The first-order chi connectivity index (χ1) is 14.7. The molecule has 3 aromatic rings. The zero-order chi connectivity index (χ0) is 20.9. The van der Waals surface area contributed by atoms with E-state index < -0.39 is 0 Å². The second-order valence-corrected chi connectivity index (χ2v) is 7.45. The lowest BCUT2D eigenvalue weighted by Crippen LogP contribution is -2.49. The Morgan fingerprint density at radius 2 is 1.70 bits per heavy atom. The first-order valence-electron chi connectivity index (χ1n) is 10.5. The van der Waals surface area contributed by atoms with Crippen molar-refractivity contribution in [2.24, 2.45) is 0 Å². The monoisotopic (exact) mass is 404 g/mol. The van der Waals surface area contributed by atoms with Crippen LogP contribution < -0.4 is 9.64 Å². The van der Waals surface area contributed by atoms with Crippen molar-refractivity contribution in [1.29, 1.82) is 0 Å². The van der Waals surface area contributed by atoms with Crippen LogP contribution >= 0.6 is 0 Å². The molecule has 0 atom stereocenters. The Hall–Kier alpha value is -3.28. The fourth-order valence-electron chi connectivity index (χ4n) is 4.07. The fourth-order valence-corrected chi connectivity index (χ4v) is 4.07. The summed E-state index contributed by atoms with van der Waals surface area (Å²) in [4.78, 5) is 17.5. The Kier molecular flexibility index (Phi) is 6.02. The van der Waals surface area contributed by atoms with E-state index in [4.69, 9.17) is 4.74 Å². The number of aromatic nitrogens is 2. The Labute approximate surface area is 177 Å². The summed E-state index contributed by atoms with van der Waals surface area (Å²) in [5.74, 6) is 0.943. The third-order valence-corrected chi connectivity index (χ3v) is 5.68. The molecule has 156 valence electrons. The molecule has 1 aliphatic rings. The van der Waals surface area contributed by atoms with Crippen LogP contribution in [-0.4, -0.2) is 53.9 Å². The maximum Gasteiger partial charge on any atom is 0.257 e. The molecule has 0 radical (unpaired) electrons. The molecule has 1 aromatic heterocycles. The van der Waals surface area contributed by atoms with Crippen LogP contribution in [0.25, 0.3) is 0 Å². The molecule has 1 saturated heterocycles. The summed E-state index contributed by atoms with van der Waals surface area (Å²) in [5.41, 5.74) is 3.98. The molecule has 0 N–H and O–H groups in total. The summed E-state index contributed by atoms with van der Waals surface area (Å²) < 4.78 is 7.44. The number of carbonyl (C=O) groups excluding carboxylic acids is 1. The summed E-state index contributed by atoms with van der Waals surface area (Å²) in [6.07, 6.45) is 2.51. The van der Waals surface area contributed by atoms with Gasteiger partial charge in [0.15, 0.2) is 0 Å². The van der Waals surface area contributed by atoms with E-state index in [0.29, 0.717) is 19.6 Å². The first kappa shape index (κ1) is 20.0. The van der Waals surface area contributed by atoms with E-state index in [9.17, 15) is 4.79 Å². The van der Waals surface area contributed by atoms with Gasteiger partial charge in [-0.15, -0.1) is 0 Å². The SMILES string of the molecule is CCc1c(C(=O)N2CCN(c3ccccc3OC)CC2)cnn1Cc1ccccc1. The zero-order valence-corrected chi connectivity index (χ0v) is 17.6. The van der Waals surface area contributed by atoms with Crippen molar-refractivity contribution in [1.82, 2.24) is 14.7 Å². The molecule has 1 amide bonds. The molecule has 0 bridgehead atoms. The molecule has 2 heterocycles. The van der Waals surface area contributed by atoms with Gasteiger partial charge in [0, 0.05) is 26.2 Å². The van der Waals surface area contributed by atoms with E-state index >= 15 is 0 Å². The first-order valence-corrected chi connectivity index (χ1v) is 10.5. The van der Waals surface area contributed by atoms with Crippen LogP contribution in [0.15, 0.2) is 60.8 Å². The fraction of sp³-hybridized carbons (Fsp3) is 0.333. The van der Waals surface area contributed by atoms with Crippen molar-refractivity contribution < 1.29 is 9.53 Å². The minimum Gasteiger partial charge on any atom is -0.495 e. The van der Waals surface area contributed by atoms with Gasteiger partial charge in [-0.2, -0.15) is 5.10 Å². The van der Waals surface area contributed by atoms with Crippen LogP contribution in [0, 0.1) is 0 Å². The van der Waals surface area contributed by atoms with Crippen molar-refractivity contribution in [3.63, 3.8) is 0 Å². The number of amides is 1. The number of hydrogen-bond acceptors (Lipinski definition) is 4. The summed E-state index contributed by atoms with van der Waals surface area (Å²) in [5, 5.41) is 4.53. The molecule has 0 saturated carbocycles. The maximum absolute atomic E-state index is 13.2. The summed E-state index contributed by atoms with van der Waals surface area (Å²) in [6, 6.07) is 18.3. The number of carbonyl (C=O) groups is 1. The third-order valence-electron chi connectivity index (χ3n) is 5.68. The number of rotatable bonds is 6. The number of benzene rings is 2. The highest BCUT2D eigenvalue weighted by Crippen LogP contribution is 2.28. The molecule has 6 heteroatoms. The largest absolute Gasteiger partial charge is 0.495 e. The number of para-hydroxylation sites is 2. The highest BCUT2D eigenvalue weighted by atomic mass is 16.5. The molecule has 0 unspecified atom stereocenters. The smallest absolute Gasteiger partial charge is 0.257 e. The predicted octanol–water partition coefficient (Wildman–Crippen LogP) is 3.46. The van der Waals surface area contributed by atoms with Crippen LogP contribution in [0.3, 0.4) is 0 Å². The highest BCUT2D eigenvalue weighted by molar-refractivity contribution is 5.95. The topological polar surface area (TPSA) is 50.6 Å². The van der Waals surface area contributed by atoms with E-state index in [-0.39, 0.29) is 5.91 Å². The Balaban J connectivity index is 1.45. The van der Waals surface area contributed by atoms with Crippen LogP contribution in [0.1, 0.15) is 28.5 Å². The Morgan fingerprint density at radius 1 is 1.00 bits per heavy atom. The highest BCUT2D eigenvalue weighted by Gasteiger charge is 2.26. The quantitative estimate of drug-likeness (QED) is 0.631. The van der Waals surface area contributed by atoms with E-state index in [1.54, 1.807) is 13.3 Å². The number of ether oxygens (including phenoxy) is 1. The molecule has 0 aliphatic carbocycles. The Bertz CT molecular complexity index is 991. The van der Waals surface area contributed by atoms with Crippen molar-refractivity contribution in [3.8, 4) is 5.75 Å². The minimum atomic E-state index is 0.0749. The van der Waals surface area contributed by atoms with Crippen LogP contribution in [-0.2, 0) is 13.0 Å². The summed E-state index contributed by atoms with van der Waals surface area (Å²) in [6.45, 7) is 5.69. The van der Waals surface area contributed by atoms with E-state index in [1.165, 1.54) is 5.56 Å². The minimum absolute atomic E-state index is 0.0749. The van der Waals surface area contributed by atoms with E-state index in [0.717, 1.165) is 42.2 Å². The van der Waals surface area contributed by atoms with Crippen LogP contribution in [0.2, 0.25) is 0 Å². The second kappa shape index (κ2) is 9.03. The number of anilines is 1. The van der Waals surface area contributed by atoms with Gasteiger partial charge in [0.2, 0.25) is 0 Å². The Morgan fingerprint density at radius 3 is 2.40 bits per heavy atom. The maximum atomic E-state index is 13.2. The third kappa shape index (κ3) is 4.03. The molecular formula is C24H28N4O2.